The summed E-state index contributed by atoms with van der Waals surface area (Å²) in [5.74, 6) is -0.135. The van der Waals surface area contributed by atoms with Crippen LogP contribution in [-0.2, 0) is 9.53 Å². The second-order valence-corrected chi connectivity index (χ2v) is 5.32. The van der Waals surface area contributed by atoms with Gasteiger partial charge in [-0.3, -0.25) is 9.59 Å². The molecule has 21 heavy (non-hydrogen) atoms. The zero-order chi connectivity index (χ0) is 14.8. The molecule has 1 atom stereocenters. The van der Waals surface area contributed by atoms with Crippen molar-refractivity contribution in [1.82, 2.24) is 5.32 Å². The van der Waals surface area contributed by atoms with Gasteiger partial charge in [0.1, 0.15) is 6.04 Å². The minimum absolute atomic E-state index is 0.0249. The highest BCUT2D eigenvalue weighted by molar-refractivity contribution is 6.06. The molecule has 0 aliphatic carbocycles. The Balaban J connectivity index is 1.80. The predicted octanol–water partition coefficient (Wildman–Crippen LogP) is 0.984. The average molecular weight is 289 g/mol. The molecule has 2 N–H and O–H groups in total. The van der Waals surface area contributed by atoms with Gasteiger partial charge < -0.3 is 20.3 Å². The van der Waals surface area contributed by atoms with Crippen LogP contribution in [0.3, 0.4) is 0 Å². The number of hydrogen-bond donors (Lipinski definition) is 2. The summed E-state index contributed by atoms with van der Waals surface area (Å²) in [5.41, 5.74) is 2.27. The molecule has 1 fully saturated rings. The molecule has 112 valence electrons. The lowest BCUT2D eigenvalue weighted by atomic mass is 10.1. The molecule has 6 nitrogen and oxygen atoms in total. The first-order valence-corrected chi connectivity index (χ1v) is 7.19. The van der Waals surface area contributed by atoms with Crippen molar-refractivity contribution in [3.05, 3.63) is 23.8 Å². The zero-order valence-corrected chi connectivity index (χ0v) is 12.0. The van der Waals surface area contributed by atoms with Crippen LogP contribution in [0, 0.1) is 0 Å². The Labute approximate surface area is 123 Å². The Morgan fingerprint density at radius 1 is 1.52 bits per heavy atom. The van der Waals surface area contributed by atoms with Crippen LogP contribution in [0.1, 0.15) is 23.2 Å². The van der Waals surface area contributed by atoms with Crippen molar-refractivity contribution in [2.24, 2.45) is 0 Å². The second kappa shape index (κ2) is 5.73. The maximum absolute atomic E-state index is 12.1. The first-order valence-electron chi connectivity index (χ1n) is 7.19. The molecule has 0 unspecified atom stereocenters. The van der Waals surface area contributed by atoms with Crippen molar-refractivity contribution in [3.8, 4) is 0 Å². The van der Waals surface area contributed by atoms with Gasteiger partial charge >= 0.3 is 0 Å². The normalized spacial score (nSPS) is 19.8. The predicted molar refractivity (Wildman–Crippen MR) is 79.6 cm³/mol. The van der Waals surface area contributed by atoms with Crippen LogP contribution in [-0.4, -0.2) is 44.7 Å². The molecule has 0 spiro atoms. The van der Waals surface area contributed by atoms with Gasteiger partial charge in [-0.2, -0.15) is 0 Å². The third kappa shape index (κ3) is 2.58. The summed E-state index contributed by atoms with van der Waals surface area (Å²) in [6, 6.07) is 5.40. The van der Waals surface area contributed by atoms with Crippen LogP contribution in [0.25, 0.3) is 0 Å². The van der Waals surface area contributed by atoms with Gasteiger partial charge in [-0.25, -0.2) is 0 Å². The highest BCUT2D eigenvalue weighted by atomic mass is 16.5. The molecule has 2 aliphatic rings. The highest BCUT2D eigenvalue weighted by Crippen LogP contribution is 2.37. The Kier molecular flexibility index (Phi) is 3.79. The lowest BCUT2D eigenvalue weighted by Gasteiger charge is -2.33. The highest BCUT2D eigenvalue weighted by Gasteiger charge is 2.36. The number of carbonyl (C=O) groups excluding carboxylic acids is 2. The SMILES string of the molecule is COCCNC(=O)c1ccc2c(c1)NC(=O)[C@H]1CCCN21. The van der Waals surface area contributed by atoms with E-state index in [0.717, 1.165) is 30.8 Å². The minimum Gasteiger partial charge on any atom is -0.383 e. The minimum atomic E-state index is -0.160. The van der Waals surface area contributed by atoms with E-state index < -0.39 is 0 Å². The van der Waals surface area contributed by atoms with E-state index in [0.29, 0.717) is 18.7 Å². The zero-order valence-electron chi connectivity index (χ0n) is 12.0. The van der Waals surface area contributed by atoms with E-state index in [1.54, 1.807) is 19.2 Å². The van der Waals surface area contributed by atoms with Gasteiger partial charge in [0.2, 0.25) is 5.91 Å². The Hall–Kier alpha value is -2.08. The third-order valence-corrected chi connectivity index (χ3v) is 3.97. The smallest absolute Gasteiger partial charge is 0.251 e. The second-order valence-electron chi connectivity index (χ2n) is 5.32. The summed E-state index contributed by atoms with van der Waals surface area (Å²) in [5, 5.41) is 5.68. The van der Waals surface area contributed by atoms with E-state index in [1.807, 2.05) is 6.07 Å². The number of amides is 2. The molecular formula is C15H19N3O3. The number of anilines is 2. The van der Waals surface area contributed by atoms with Crippen LogP contribution >= 0.6 is 0 Å². The van der Waals surface area contributed by atoms with Crippen LogP contribution < -0.4 is 15.5 Å². The average Bonchev–Trinajstić information content (AvgIpc) is 2.97. The van der Waals surface area contributed by atoms with Gasteiger partial charge in [0.15, 0.2) is 0 Å². The van der Waals surface area contributed by atoms with Gasteiger partial charge in [0.25, 0.3) is 5.91 Å². The van der Waals surface area contributed by atoms with E-state index in [-0.39, 0.29) is 17.9 Å². The number of benzene rings is 1. The maximum Gasteiger partial charge on any atom is 0.251 e. The fourth-order valence-electron chi connectivity index (χ4n) is 2.94. The molecule has 0 aromatic heterocycles. The quantitative estimate of drug-likeness (QED) is 0.811. The Morgan fingerprint density at radius 2 is 2.38 bits per heavy atom. The number of fused-ring (bicyclic) bond motifs is 3. The van der Waals surface area contributed by atoms with Crippen molar-refractivity contribution >= 4 is 23.2 Å². The van der Waals surface area contributed by atoms with Crippen molar-refractivity contribution < 1.29 is 14.3 Å². The lowest BCUT2D eigenvalue weighted by Crippen LogP contribution is -2.44. The van der Waals surface area contributed by atoms with Gasteiger partial charge in [-0.1, -0.05) is 0 Å². The van der Waals surface area contributed by atoms with Crippen LogP contribution in [0.4, 0.5) is 11.4 Å². The number of ether oxygens (including phenoxy) is 1. The molecule has 2 heterocycles. The van der Waals surface area contributed by atoms with Gasteiger partial charge in [-0.15, -0.1) is 0 Å². The molecule has 1 aromatic carbocycles. The summed E-state index contributed by atoms with van der Waals surface area (Å²) in [4.78, 5) is 26.2. The van der Waals surface area contributed by atoms with Gasteiger partial charge in [-0.05, 0) is 31.0 Å². The monoisotopic (exact) mass is 289 g/mol. The van der Waals surface area contributed by atoms with E-state index in [4.69, 9.17) is 4.74 Å². The van der Waals surface area contributed by atoms with Gasteiger partial charge in [0, 0.05) is 25.8 Å². The van der Waals surface area contributed by atoms with E-state index in [2.05, 4.69) is 15.5 Å². The fourth-order valence-corrected chi connectivity index (χ4v) is 2.94. The molecule has 1 saturated heterocycles. The van der Waals surface area contributed by atoms with Gasteiger partial charge in [0.05, 0.1) is 18.0 Å². The fraction of sp³-hybridized carbons (Fsp3) is 0.467. The number of nitrogens with zero attached hydrogens (tertiary/aromatic N) is 1. The molecular weight excluding hydrogens is 270 g/mol. The molecule has 0 bridgehead atoms. The van der Waals surface area contributed by atoms with Crippen LogP contribution in [0.2, 0.25) is 0 Å². The molecule has 3 rings (SSSR count). The number of hydrogen-bond acceptors (Lipinski definition) is 4. The van der Waals surface area contributed by atoms with Crippen molar-refractivity contribution in [1.29, 1.82) is 0 Å². The topological polar surface area (TPSA) is 70.7 Å². The number of methoxy groups -OCH3 is 1. The number of nitrogens with one attached hydrogen (secondary N) is 2. The number of rotatable bonds is 4. The van der Waals surface area contributed by atoms with E-state index >= 15 is 0 Å². The largest absolute Gasteiger partial charge is 0.383 e. The summed E-state index contributed by atoms with van der Waals surface area (Å²) in [6.07, 6.45) is 1.92. The number of carbonyl (C=O) groups is 2. The summed E-state index contributed by atoms with van der Waals surface area (Å²) in [7, 11) is 1.59. The summed E-state index contributed by atoms with van der Waals surface area (Å²) >= 11 is 0. The van der Waals surface area contributed by atoms with Crippen molar-refractivity contribution in [2.75, 3.05) is 37.0 Å². The first-order chi connectivity index (χ1) is 10.2. The van der Waals surface area contributed by atoms with E-state index in [1.165, 1.54) is 0 Å². The standard InChI is InChI=1S/C15H19N3O3/c1-21-8-6-16-14(19)10-4-5-12-11(9-10)17-15(20)13-3-2-7-18(12)13/h4-5,9,13H,2-3,6-8H2,1H3,(H,16,19)(H,17,20)/t13-/m1/s1. The molecule has 0 radical (unpaired) electrons. The Morgan fingerprint density at radius 3 is 3.19 bits per heavy atom. The maximum atomic E-state index is 12.1. The Bertz CT molecular complexity index is 573. The molecule has 0 saturated carbocycles. The lowest BCUT2D eigenvalue weighted by molar-refractivity contribution is -0.117. The summed E-state index contributed by atoms with van der Waals surface area (Å²) < 4.78 is 4.90. The molecule has 6 heteroatoms. The molecule has 2 amide bonds. The molecule has 2 aliphatic heterocycles. The molecule has 1 aromatic rings. The first kappa shape index (κ1) is 13.9. The van der Waals surface area contributed by atoms with Crippen LogP contribution in [0.5, 0.6) is 0 Å². The summed E-state index contributed by atoms with van der Waals surface area (Å²) in [6.45, 7) is 1.83. The van der Waals surface area contributed by atoms with Crippen molar-refractivity contribution in [2.45, 2.75) is 18.9 Å². The van der Waals surface area contributed by atoms with Crippen molar-refractivity contribution in [3.63, 3.8) is 0 Å². The van der Waals surface area contributed by atoms with E-state index in [9.17, 15) is 9.59 Å². The third-order valence-electron chi connectivity index (χ3n) is 3.97. The van der Waals surface area contributed by atoms with Crippen LogP contribution in [0.15, 0.2) is 18.2 Å².